The molecule has 0 atom stereocenters. The molecule has 0 aromatic carbocycles. The molecule has 0 aromatic rings. The van der Waals surface area contributed by atoms with Crippen molar-refractivity contribution in [1.29, 1.82) is 0 Å². The fraction of sp³-hybridized carbons (Fsp3) is 0.625. The standard InChI is InChI=1S/C8H14O3/c1-3-4-5-6-7-11-8(9)10-2/h6-7H,3-5H2,1-2H3. The summed E-state index contributed by atoms with van der Waals surface area (Å²) < 4.78 is 8.74. The van der Waals surface area contributed by atoms with Gasteiger partial charge >= 0.3 is 6.16 Å². The predicted octanol–water partition coefficient (Wildman–Crippen LogP) is 2.47. The highest BCUT2D eigenvalue weighted by atomic mass is 16.7. The van der Waals surface area contributed by atoms with Gasteiger partial charge in [0.2, 0.25) is 0 Å². The van der Waals surface area contributed by atoms with Crippen LogP contribution in [0, 0.1) is 0 Å². The van der Waals surface area contributed by atoms with Crippen molar-refractivity contribution in [2.24, 2.45) is 0 Å². The number of methoxy groups -OCH3 is 1. The van der Waals surface area contributed by atoms with E-state index in [1.54, 1.807) is 6.08 Å². The van der Waals surface area contributed by atoms with E-state index in [0.717, 1.165) is 19.3 Å². The Kier molecular flexibility index (Phi) is 6.48. The number of carbonyl (C=O) groups excluding carboxylic acids is 1. The topological polar surface area (TPSA) is 35.5 Å². The smallest absolute Gasteiger partial charge is 0.437 e. The minimum Gasteiger partial charge on any atom is -0.437 e. The lowest BCUT2D eigenvalue weighted by Crippen LogP contribution is -1.97. The molecule has 0 heterocycles. The summed E-state index contributed by atoms with van der Waals surface area (Å²) in [6.45, 7) is 2.11. The SMILES string of the molecule is CCCCC=COC(=O)OC. The molecular weight excluding hydrogens is 144 g/mol. The molecule has 0 aliphatic carbocycles. The third kappa shape index (κ3) is 6.90. The van der Waals surface area contributed by atoms with Crippen LogP contribution in [-0.4, -0.2) is 13.3 Å². The maximum Gasteiger partial charge on any atom is 0.512 e. The highest BCUT2D eigenvalue weighted by molar-refractivity contribution is 5.60. The highest BCUT2D eigenvalue weighted by Gasteiger charge is 1.93. The summed E-state index contributed by atoms with van der Waals surface area (Å²) in [4.78, 5) is 10.3. The number of allylic oxidation sites excluding steroid dienone is 1. The first-order chi connectivity index (χ1) is 5.31. The van der Waals surface area contributed by atoms with Crippen molar-refractivity contribution in [3.8, 4) is 0 Å². The number of ether oxygens (including phenoxy) is 2. The average Bonchev–Trinajstić information content (AvgIpc) is 2.04. The van der Waals surface area contributed by atoms with E-state index in [2.05, 4.69) is 16.4 Å². The van der Waals surface area contributed by atoms with Crippen molar-refractivity contribution in [3.05, 3.63) is 12.3 Å². The second kappa shape index (κ2) is 7.12. The Bertz CT molecular complexity index is 129. The summed E-state index contributed by atoms with van der Waals surface area (Å²) in [5, 5.41) is 0. The first kappa shape index (κ1) is 10.0. The largest absolute Gasteiger partial charge is 0.512 e. The molecule has 0 fully saturated rings. The molecule has 0 aromatic heterocycles. The molecule has 0 saturated heterocycles. The first-order valence-electron chi connectivity index (χ1n) is 3.71. The number of hydrogen-bond acceptors (Lipinski definition) is 3. The Hall–Kier alpha value is -0.990. The van der Waals surface area contributed by atoms with E-state index in [4.69, 9.17) is 0 Å². The van der Waals surface area contributed by atoms with Crippen LogP contribution in [0.1, 0.15) is 26.2 Å². The Labute approximate surface area is 67.0 Å². The number of hydrogen-bond donors (Lipinski definition) is 0. The molecule has 0 saturated carbocycles. The van der Waals surface area contributed by atoms with Gasteiger partial charge in [-0.3, -0.25) is 0 Å². The molecule has 3 nitrogen and oxygen atoms in total. The van der Waals surface area contributed by atoms with Crippen molar-refractivity contribution in [1.82, 2.24) is 0 Å². The number of unbranched alkanes of at least 4 members (excludes halogenated alkanes) is 2. The van der Waals surface area contributed by atoms with Crippen molar-refractivity contribution in [2.75, 3.05) is 7.11 Å². The minimum absolute atomic E-state index is 0.669. The average molecular weight is 158 g/mol. The van der Waals surface area contributed by atoms with Crippen LogP contribution in [-0.2, 0) is 9.47 Å². The Morgan fingerprint density at radius 2 is 2.27 bits per heavy atom. The minimum atomic E-state index is -0.669. The van der Waals surface area contributed by atoms with Crippen LogP contribution < -0.4 is 0 Å². The van der Waals surface area contributed by atoms with Crippen molar-refractivity contribution in [2.45, 2.75) is 26.2 Å². The lowest BCUT2D eigenvalue weighted by atomic mass is 10.2. The molecule has 0 amide bonds. The normalized spacial score (nSPS) is 10.0. The highest BCUT2D eigenvalue weighted by Crippen LogP contribution is 1.95. The molecule has 0 spiro atoms. The zero-order valence-electron chi connectivity index (χ0n) is 7.00. The molecule has 0 radical (unpaired) electrons. The zero-order chi connectivity index (χ0) is 8.53. The monoisotopic (exact) mass is 158 g/mol. The van der Waals surface area contributed by atoms with Gasteiger partial charge in [-0.05, 0) is 18.9 Å². The molecule has 0 rings (SSSR count). The maximum atomic E-state index is 10.3. The van der Waals surface area contributed by atoms with Crippen LogP contribution >= 0.6 is 0 Å². The summed E-state index contributed by atoms with van der Waals surface area (Å²) in [5.74, 6) is 0. The van der Waals surface area contributed by atoms with E-state index >= 15 is 0 Å². The van der Waals surface area contributed by atoms with Gasteiger partial charge in [-0.25, -0.2) is 4.79 Å². The van der Waals surface area contributed by atoms with Gasteiger partial charge in [-0.2, -0.15) is 0 Å². The quantitative estimate of drug-likeness (QED) is 0.358. The molecule has 0 aliphatic rings. The Morgan fingerprint density at radius 3 is 2.82 bits per heavy atom. The predicted molar refractivity (Wildman–Crippen MR) is 42.2 cm³/mol. The van der Waals surface area contributed by atoms with E-state index in [9.17, 15) is 4.79 Å². The van der Waals surface area contributed by atoms with Gasteiger partial charge in [0.1, 0.15) is 0 Å². The summed E-state index contributed by atoms with van der Waals surface area (Å²) in [6.07, 6.45) is 5.69. The van der Waals surface area contributed by atoms with Gasteiger partial charge in [0, 0.05) is 0 Å². The van der Waals surface area contributed by atoms with E-state index in [-0.39, 0.29) is 0 Å². The zero-order valence-corrected chi connectivity index (χ0v) is 7.00. The summed E-state index contributed by atoms with van der Waals surface area (Å²) >= 11 is 0. The van der Waals surface area contributed by atoms with Crippen LogP contribution in [0.2, 0.25) is 0 Å². The fourth-order valence-electron chi connectivity index (χ4n) is 0.542. The van der Waals surface area contributed by atoms with Crippen LogP contribution in [0.5, 0.6) is 0 Å². The maximum absolute atomic E-state index is 10.3. The molecule has 0 N–H and O–H groups in total. The van der Waals surface area contributed by atoms with Gasteiger partial charge < -0.3 is 9.47 Å². The second-order valence-electron chi connectivity index (χ2n) is 2.09. The molecule has 0 bridgehead atoms. The summed E-state index contributed by atoms with van der Waals surface area (Å²) in [7, 11) is 1.28. The van der Waals surface area contributed by atoms with Crippen LogP contribution in [0.4, 0.5) is 4.79 Å². The van der Waals surface area contributed by atoms with E-state index in [0.29, 0.717) is 0 Å². The molecule has 0 aliphatic heterocycles. The summed E-state index contributed by atoms with van der Waals surface area (Å²) in [6, 6.07) is 0. The lowest BCUT2D eigenvalue weighted by Gasteiger charge is -1.94. The van der Waals surface area contributed by atoms with Crippen LogP contribution in [0.3, 0.4) is 0 Å². The second-order valence-corrected chi connectivity index (χ2v) is 2.09. The number of rotatable bonds is 4. The molecule has 3 heteroatoms. The van der Waals surface area contributed by atoms with E-state index in [1.807, 2.05) is 0 Å². The molecular formula is C8H14O3. The Balaban J connectivity index is 3.22. The fourth-order valence-corrected chi connectivity index (χ4v) is 0.542. The van der Waals surface area contributed by atoms with E-state index in [1.165, 1.54) is 13.4 Å². The molecule has 11 heavy (non-hydrogen) atoms. The van der Waals surface area contributed by atoms with E-state index < -0.39 is 6.16 Å². The first-order valence-corrected chi connectivity index (χ1v) is 3.71. The van der Waals surface area contributed by atoms with Crippen molar-refractivity contribution in [3.63, 3.8) is 0 Å². The third-order valence-electron chi connectivity index (χ3n) is 1.15. The molecule has 64 valence electrons. The van der Waals surface area contributed by atoms with Gasteiger partial charge in [-0.1, -0.05) is 13.3 Å². The third-order valence-corrected chi connectivity index (χ3v) is 1.15. The van der Waals surface area contributed by atoms with Crippen LogP contribution in [0.15, 0.2) is 12.3 Å². The Morgan fingerprint density at radius 1 is 1.55 bits per heavy atom. The van der Waals surface area contributed by atoms with Gasteiger partial charge in [0.05, 0.1) is 13.4 Å². The van der Waals surface area contributed by atoms with Gasteiger partial charge in [-0.15, -0.1) is 0 Å². The number of carbonyl (C=O) groups is 1. The molecule has 0 unspecified atom stereocenters. The van der Waals surface area contributed by atoms with Gasteiger partial charge in [0.25, 0.3) is 0 Å². The van der Waals surface area contributed by atoms with Crippen molar-refractivity contribution < 1.29 is 14.3 Å². The lowest BCUT2D eigenvalue weighted by molar-refractivity contribution is 0.105. The van der Waals surface area contributed by atoms with Crippen molar-refractivity contribution >= 4 is 6.16 Å². The van der Waals surface area contributed by atoms with Crippen LogP contribution in [0.25, 0.3) is 0 Å². The summed E-state index contributed by atoms with van der Waals surface area (Å²) in [5.41, 5.74) is 0. The van der Waals surface area contributed by atoms with Gasteiger partial charge in [0.15, 0.2) is 0 Å².